The molecule has 0 N–H and O–H groups in total. The molecule has 3 heteroatoms. The highest BCUT2D eigenvalue weighted by atomic mass is 16.4. The van der Waals surface area contributed by atoms with E-state index < -0.39 is 0 Å². The fourth-order valence-electron chi connectivity index (χ4n) is 3.05. The van der Waals surface area contributed by atoms with Gasteiger partial charge in [0.2, 0.25) is 0 Å². The van der Waals surface area contributed by atoms with Gasteiger partial charge in [-0.05, 0) is 37.1 Å². The maximum atomic E-state index is 5.08. The molecule has 1 aliphatic carbocycles. The number of nitrogens with zero attached hydrogens (tertiary/aromatic N) is 1. The summed E-state index contributed by atoms with van der Waals surface area (Å²) in [4.78, 5) is 2.26. The van der Waals surface area contributed by atoms with E-state index in [1.54, 1.807) is 7.11 Å². The molecule has 1 aliphatic heterocycles. The zero-order chi connectivity index (χ0) is 11.7. The van der Waals surface area contributed by atoms with E-state index in [-0.39, 0.29) is 5.41 Å². The highest BCUT2D eigenvalue weighted by molar-refractivity contribution is 6.23. The molecule has 1 radical (unpaired) electrons. The third-order valence-electron chi connectivity index (χ3n) is 4.02. The van der Waals surface area contributed by atoms with Crippen LogP contribution in [0.25, 0.3) is 6.08 Å². The molecular formula is C14H17BNO. The summed E-state index contributed by atoms with van der Waals surface area (Å²) in [5, 5.41) is 0. The van der Waals surface area contributed by atoms with Crippen molar-refractivity contribution in [3.05, 3.63) is 41.5 Å². The van der Waals surface area contributed by atoms with Gasteiger partial charge in [-0.1, -0.05) is 36.4 Å². The Bertz CT molecular complexity index is 436. The Morgan fingerprint density at radius 3 is 2.76 bits per heavy atom. The van der Waals surface area contributed by atoms with Gasteiger partial charge in [0.25, 0.3) is 0 Å². The van der Waals surface area contributed by atoms with E-state index >= 15 is 0 Å². The van der Waals surface area contributed by atoms with E-state index in [1.165, 1.54) is 24.0 Å². The smallest absolute Gasteiger partial charge is 0.398 e. The number of fused-ring (bicyclic) bond motifs is 2. The maximum Gasteiger partial charge on any atom is 0.398 e. The lowest BCUT2D eigenvalue weighted by molar-refractivity contribution is 0.247. The predicted molar refractivity (Wildman–Crippen MR) is 70.7 cm³/mol. The van der Waals surface area contributed by atoms with Gasteiger partial charge in [0.05, 0.1) is 0 Å². The third kappa shape index (κ3) is 1.83. The average Bonchev–Trinajstić information content (AvgIpc) is 2.73. The second-order valence-electron chi connectivity index (χ2n) is 4.95. The second-order valence-corrected chi connectivity index (χ2v) is 4.95. The minimum Gasteiger partial charge on any atom is -0.427 e. The summed E-state index contributed by atoms with van der Waals surface area (Å²) in [7, 11) is 3.56. The Morgan fingerprint density at radius 2 is 2.00 bits per heavy atom. The summed E-state index contributed by atoms with van der Waals surface area (Å²) >= 11 is 0. The Balaban J connectivity index is 1.80. The van der Waals surface area contributed by atoms with Crippen LogP contribution in [0.4, 0.5) is 0 Å². The van der Waals surface area contributed by atoms with Gasteiger partial charge in [0.1, 0.15) is 0 Å². The minimum atomic E-state index is 0.286. The molecule has 2 aliphatic rings. The molecule has 1 saturated heterocycles. The largest absolute Gasteiger partial charge is 0.427 e. The molecule has 1 aromatic carbocycles. The monoisotopic (exact) mass is 226 g/mol. The standard InChI is InChI=1S/C14H17BNO/c1-17-15-16-10-8-14(9-11-16)7-6-12-4-2-3-5-13(12)14/h2-7H,8-11H2,1H3. The highest BCUT2D eigenvalue weighted by Gasteiger charge is 2.37. The molecule has 0 amide bonds. The van der Waals surface area contributed by atoms with Crippen LogP contribution in [-0.4, -0.2) is 32.6 Å². The van der Waals surface area contributed by atoms with E-state index in [1.807, 2.05) is 7.62 Å². The van der Waals surface area contributed by atoms with Crippen LogP contribution in [0.5, 0.6) is 0 Å². The first-order valence-electron chi connectivity index (χ1n) is 6.23. The molecule has 1 fully saturated rings. The summed E-state index contributed by atoms with van der Waals surface area (Å²) in [6.45, 7) is 2.15. The lowest BCUT2D eigenvalue weighted by Crippen LogP contribution is -2.43. The zero-order valence-corrected chi connectivity index (χ0v) is 10.2. The van der Waals surface area contributed by atoms with E-state index in [0.29, 0.717) is 0 Å². The summed E-state index contributed by atoms with van der Waals surface area (Å²) < 4.78 is 5.08. The second kappa shape index (κ2) is 4.32. The molecule has 1 spiro atoms. The van der Waals surface area contributed by atoms with Crippen molar-refractivity contribution >= 4 is 13.7 Å². The van der Waals surface area contributed by atoms with Gasteiger partial charge in [-0.3, -0.25) is 0 Å². The molecule has 1 heterocycles. The van der Waals surface area contributed by atoms with Gasteiger partial charge in [0, 0.05) is 12.5 Å². The first-order chi connectivity index (χ1) is 8.34. The zero-order valence-electron chi connectivity index (χ0n) is 10.2. The maximum absolute atomic E-state index is 5.08. The Hall–Kier alpha value is -1.06. The van der Waals surface area contributed by atoms with Crippen molar-refractivity contribution < 1.29 is 4.65 Å². The summed E-state index contributed by atoms with van der Waals surface area (Å²) in [5.41, 5.74) is 3.20. The Kier molecular flexibility index (Phi) is 2.81. The van der Waals surface area contributed by atoms with Crippen LogP contribution < -0.4 is 0 Å². The van der Waals surface area contributed by atoms with Gasteiger partial charge in [-0.2, -0.15) is 0 Å². The molecule has 3 rings (SSSR count). The minimum absolute atomic E-state index is 0.286. The molecule has 0 saturated carbocycles. The molecule has 0 unspecified atom stereocenters. The van der Waals surface area contributed by atoms with Crippen molar-refractivity contribution in [3.8, 4) is 0 Å². The SMILES string of the molecule is CO[B]N1CCC2(C=Cc3ccccc32)CC1. The van der Waals surface area contributed by atoms with Crippen molar-refractivity contribution in [3.63, 3.8) is 0 Å². The van der Waals surface area contributed by atoms with Crippen LogP contribution >= 0.6 is 0 Å². The number of rotatable bonds is 2. The van der Waals surface area contributed by atoms with Crippen LogP contribution in [0.3, 0.4) is 0 Å². The molecule has 1 aromatic rings. The van der Waals surface area contributed by atoms with E-state index in [9.17, 15) is 0 Å². The average molecular weight is 226 g/mol. The van der Waals surface area contributed by atoms with Crippen LogP contribution in [0, 0.1) is 0 Å². The van der Waals surface area contributed by atoms with Crippen molar-refractivity contribution in [1.29, 1.82) is 0 Å². The van der Waals surface area contributed by atoms with Crippen LogP contribution in [0.1, 0.15) is 24.0 Å². The Labute approximate surface area is 104 Å². The van der Waals surface area contributed by atoms with Crippen molar-refractivity contribution in [1.82, 2.24) is 4.81 Å². The number of benzene rings is 1. The van der Waals surface area contributed by atoms with Crippen LogP contribution in [0.2, 0.25) is 0 Å². The number of hydrogen-bond donors (Lipinski definition) is 0. The van der Waals surface area contributed by atoms with Gasteiger partial charge in [-0.25, -0.2) is 0 Å². The number of piperidine rings is 1. The van der Waals surface area contributed by atoms with Gasteiger partial charge >= 0.3 is 7.62 Å². The molecule has 87 valence electrons. The summed E-state index contributed by atoms with van der Waals surface area (Å²) in [6.07, 6.45) is 7.05. The quantitative estimate of drug-likeness (QED) is 0.717. The summed E-state index contributed by atoms with van der Waals surface area (Å²) in [5.74, 6) is 0. The van der Waals surface area contributed by atoms with Crippen molar-refractivity contribution in [2.45, 2.75) is 18.3 Å². The third-order valence-corrected chi connectivity index (χ3v) is 4.02. The number of allylic oxidation sites excluding steroid dienone is 1. The topological polar surface area (TPSA) is 12.5 Å². The fourth-order valence-corrected chi connectivity index (χ4v) is 3.05. The van der Waals surface area contributed by atoms with Gasteiger partial charge < -0.3 is 9.47 Å². The summed E-state index contributed by atoms with van der Waals surface area (Å²) in [6, 6.07) is 8.77. The van der Waals surface area contributed by atoms with E-state index in [4.69, 9.17) is 4.65 Å². The predicted octanol–water partition coefficient (Wildman–Crippen LogP) is 2.23. The molecular weight excluding hydrogens is 209 g/mol. The van der Waals surface area contributed by atoms with Crippen LogP contribution in [0.15, 0.2) is 30.3 Å². The van der Waals surface area contributed by atoms with Crippen molar-refractivity contribution in [2.75, 3.05) is 20.2 Å². The molecule has 2 nitrogen and oxygen atoms in total. The lowest BCUT2D eigenvalue weighted by atomic mass is 9.74. The molecule has 17 heavy (non-hydrogen) atoms. The Morgan fingerprint density at radius 1 is 1.24 bits per heavy atom. The van der Waals surface area contributed by atoms with E-state index in [2.05, 4.69) is 41.2 Å². The fraction of sp³-hybridized carbons (Fsp3) is 0.429. The highest BCUT2D eigenvalue weighted by Crippen LogP contribution is 2.43. The lowest BCUT2D eigenvalue weighted by Gasteiger charge is -2.38. The van der Waals surface area contributed by atoms with Gasteiger partial charge in [0.15, 0.2) is 0 Å². The molecule has 0 aromatic heterocycles. The van der Waals surface area contributed by atoms with Crippen molar-refractivity contribution in [2.24, 2.45) is 0 Å². The van der Waals surface area contributed by atoms with E-state index in [0.717, 1.165) is 13.1 Å². The normalized spacial score (nSPS) is 21.7. The first-order valence-corrected chi connectivity index (χ1v) is 6.23. The first kappa shape index (κ1) is 11.1. The van der Waals surface area contributed by atoms with Gasteiger partial charge in [-0.15, -0.1) is 0 Å². The molecule has 0 bridgehead atoms. The van der Waals surface area contributed by atoms with Crippen LogP contribution in [-0.2, 0) is 10.1 Å². The number of hydrogen-bond acceptors (Lipinski definition) is 2. The molecule has 0 atom stereocenters.